The van der Waals surface area contributed by atoms with E-state index in [9.17, 15) is 5.11 Å². The first kappa shape index (κ1) is 24.0. The summed E-state index contributed by atoms with van der Waals surface area (Å²) in [7, 11) is -2.86. The van der Waals surface area contributed by atoms with Gasteiger partial charge in [-0.3, -0.25) is 0 Å². The molecule has 3 N–H and O–H groups in total. The SMILES string of the molecule is CCCCCOCC(O)CC(CCN)[Si](OCC)(OCC)OCC. The Labute approximate surface area is 149 Å². The lowest BCUT2D eigenvalue weighted by Crippen LogP contribution is -2.52. The van der Waals surface area contributed by atoms with Gasteiger partial charge < -0.3 is 28.9 Å². The molecule has 0 rings (SSSR count). The Hall–Kier alpha value is -0.0231. The van der Waals surface area contributed by atoms with Gasteiger partial charge in [0.2, 0.25) is 0 Å². The molecular formula is C17H39NO5Si. The van der Waals surface area contributed by atoms with Crippen LogP contribution in [0.2, 0.25) is 5.54 Å². The van der Waals surface area contributed by atoms with Gasteiger partial charge in [0.25, 0.3) is 0 Å². The Bertz CT molecular complexity index is 267. The van der Waals surface area contributed by atoms with Crippen LogP contribution in [0, 0.1) is 0 Å². The third-order valence-corrected chi connectivity index (χ3v) is 7.41. The van der Waals surface area contributed by atoms with Gasteiger partial charge in [-0.2, -0.15) is 0 Å². The molecule has 0 saturated heterocycles. The van der Waals surface area contributed by atoms with E-state index in [1.165, 1.54) is 0 Å². The average molecular weight is 366 g/mol. The van der Waals surface area contributed by atoms with Crippen LogP contribution in [0.3, 0.4) is 0 Å². The topological polar surface area (TPSA) is 83.2 Å². The van der Waals surface area contributed by atoms with Gasteiger partial charge in [-0.25, -0.2) is 0 Å². The largest absolute Gasteiger partial charge is 0.504 e. The summed E-state index contributed by atoms with van der Waals surface area (Å²) >= 11 is 0. The molecule has 2 atom stereocenters. The molecule has 0 aromatic carbocycles. The van der Waals surface area contributed by atoms with Crippen LogP contribution in [0.1, 0.15) is 59.8 Å². The summed E-state index contributed by atoms with van der Waals surface area (Å²) in [5, 5.41) is 10.4. The molecule has 0 spiro atoms. The average Bonchev–Trinajstić information content (AvgIpc) is 2.55. The molecule has 0 aliphatic carbocycles. The van der Waals surface area contributed by atoms with Crippen LogP contribution in [0.15, 0.2) is 0 Å². The molecule has 146 valence electrons. The van der Waals surface area contributed by atoms with Crippen LogP contribution in [-0.2, 0) is 18.0 Å². The second-order valence-electron chi connectivity index (χ2n) is 5.85. The summed E-state index contributed by atoms with van der Waals surface area (Å²) in [4.78, 5) is 0. The van der Waals surface area contributed by atoms with Crippen LogP contribution in [0.4, 0.5) is 0 Å². The van der Waals surface area contributed by atoms with E-state index in [4.69, 9.17) is 23.7 Å². The molecule has 0 fully saturated rings. The van der Waals surface area contributed by atoms with Gasteiger partial charge in [0, 0.05) is 32.0 Å². The van der Waals surface area contributed by atoms with Crippen molar-refractivity contribution in [2.75, 3.05) is 39.6 Å². The zero-order valence-electron chi connectivity index (χ0n) is 16.1. The number of ether oxygens (including phenoxy) is 1. The van der Waals surface area contributed by atoms with Gasteiger partial charge >= 0.3 is 8.80 Å². The highest BCUT2D eigenvalue weighted by Crippen LogP contribution is 2.33. The fraction of sp³-hybridized carbons (Fsp3) is 1.00. The minimum atomic E-state index is -2.86. The predicted octanol–water partition coefficient (Wildman–Crippen LogP) is 2.71. The fourth-order valence-corrected chi connectivity index (χ4v) is 6.04. The van der Waals surface area contributed by atoms with Gasteiger partial charge in [-0.1, -0.05) is 19.8 Å². The number of nitrogens with two attached hydrogens (primary N) is 1. The highest BCUT2D eigenvalue weighted by atomic mass is 28.4. The van der Waals surface area contributed by atoms with E-state index in [1.54, 1.807) is 0 Å². The quantitative estimate of drug-likeness (QED) is 0.305. The number of rotatable bonds is 17. The van der Waals surface area contributed by atoms with Crippen molar-refractivity contribution in [3.63, 3.8) is 0 Å². The van der Waals surface area contributed by atoms with E-state index in [2.05, 4.69) is 6.92 Å². The van der Waals surface area contributed by atoms with Gasteiger partial charge in [0.1, 0.15) is 0 Å². The van der Waals surface area contributed by atoms with Gasteiger partial charge in [0.05, 0.1) is 12.7 Å². The lowest BCUT2D eigenvalue weighted by molar-refractivity contribution is 0.0163. The number of aliphatic hydroxyl groups excluding tert-OH is 1. The van der Waals surface area contributed by atoms with Crippen molar-refractivity contribution >= 4 is 8.80 Å². The summed E-state index contributed by atoms with van der Waals surface area (Å²) in [6.45, 7) is 11.1. The smallest absolute Gasteiger partial charge is 0.391 e. The van der Waals surface area contributed by atoms with Gasteiger partial charge in [-0.15, -0.1) is 0 Å². The van der Waals surface area contributed by atoms with Crippen molar-refractivity contribution in [2.24, 2.45) is 5.73 Å². The molecule has 2 unspecified atom stereocenters. The minimum absolute atomic E-state index is 0.0170. The first-order valence-electron chi connectivity index (χ1n) is 9.47. The molecule has 7 heteroatoms. The fourth-order valence-electron chi connectivity index (χ4n) is 2.79. The molecule has 24 heavy (non-hydrogen) atoms. The Morgan fingerprint density at radius 2 is 1.54 bits per heavy atom. The molecule has 0 bridgehead atoms. The normalized spacial score (nSPS) is 14.8. The maximum atomic E-state index is 10.4. The van der Waals surface area contributed by atoms with Crippen molar-refractivity contribution in [2.45, 2.75) is 71.4 Å². The zero-order chi connectivity index (χ0) is 18.3. The molecule has 0 heterocycles. The monoisotopic (exact) mass is 365 g/mol. The van der Waals surface area contributed by atoms with Gasteiger partial charge in [-0.05, 0) is 46.6 Å². The lowest BCUT2D eigenvalue weighted by Gasteiger charge is -2.36. The first-order chi connectivity index (χ1) is 11.6. The third-order valence-electron chi connectivity index (χ3n) is 3.81. The molecule has 6 nitrogen and oxygen atoms in total. The second-order valence-corrected chi connectivity index (χ2v) is 8.74. The van der Waals surface area contributed by atoms with Crippen LogP contribution in [0.5, 0.6) is 0 Å². The van der Waals surface area contributed by atoms with Gasteiger partial charge in [0.15, 0.2) is 0 Å². The van der Waals surface area contributed by atoms with Crippen LogP contribution < -0.4 is 5.73 Å². The van der Waals surface area contributed by atoms with Crippen LogP contribution >= 0.6 is 0 Å². The molecular weight excluding hydrogens is 326 g/mol. The Morgan fingerprint density at radius 3 is 2.00 bits per heavy atom. The van der Waals surface area contributed by atoms with Crippen molar-refractivity contribution in [1.82, 2.24) is 0 Å². The number of hydrogen-bond donors (Lipinski definition) is 2. The highest BCUT2D eigenvalue weighted by Gasteiger charge is 2.49. The summed E-state index contributed by atoms with van der Waals surface area (Å²) in [6.07, 6.45) is 4.02. The summed E-state index contributed by atoms with van der Waals surface area (Å²) in [6, 6.07) is 0. The van der Waals surface area contributed by atoms with E-state index in [1.807, 2.05) is 20.8 Å². The van der Waals surface area contributed by atoms with E-state index >= 15 is 0 Å². The van der Waals surface area contributed by atoms with E-state index in [0.29, 0.717) is 52.4 Å². The molecule has 0 amide bonds. The van der Waals surface area contributed by atoms with Crippen LogP contribution in [-0.4, -0.2) is 59.6 Å². The standard InChI is InChI=1S/C17H39NO5Si/c1-5-9-10-13-20-15-16(19)14-17(11-12-18)24(21-6-2,22-7-3)23-8-4/h16-17,19H,5-15,18H2,1-4H3. The highest BCUT2D eigenvalue weighted by molar-refractivity contribution is 6.62. The predicted molar refractivity (Wildman–Crippen MR) is 99.0 cm³/mol. The van der Waals surface area contributed by atoms with E-state index in [0.717, 1.165) is 19.3 Å². The van der Waals surface area contributed by atoms with Crippen LogP contribution in [0.25, 0.3) is 0 Å². The molecule has 0 aliphatic heterocycles. The zero-order valence-corrected chi connectivity index (χ0v) is 17.1. The summed E-state index contributed by atoms with van der Waals surface area (Å²) in [5.41, 5.74) is 5.77. The second kappa shape index (κ2) is 15.2. The summed E-state index contributed by atoms with van der Waals surface area (Å²) < 4.78 is 23.5. The maximum absolute atomic E-state index is 10.4. The Morgan fingerprint density at radius 1 is 0.958 bits per heavy atom. The minimum Gasteiger partial charge on any atom is -0.391 e. The molecule has 0 aliphatic rings. The number of unbranched alkanes of at least 4 members (excludes halogenated alkanes) is 2. The van der Waals surface area contributed by atoms with Crippen molar-refractivity contribution < 1.29 is 23.1 Å². The van der Waals surface area contributed by atoms with Crippen molar-refractivity contribution in [1.29, 1.82) is 0 Å². The maximum Gasteiger partial charge on any atom is 0.504 e. The molecule has 0 saturated carbocycles. The molecule has 0 aromatic heterocycles. The third kappa shape index (κ3) is 9.46. The first-order valence-corrected chi connectivity index (χ1v) is 11.3. The Balaban J connectivity index is 4.74. The molecule has 0 radical (unpaired) electrons. The number of hydrogen-bond acceptors (Lipinski definition) is 6. The summed E-state index contributed by atoms with van der Waals surface area (Å²) in [5.74, 6) is 0. The number of aliphatic hydroxyl groups is 1. The van der Waals surface area contributed by atoms with Crippen molar-refractivity contribution in [3.8, 4) is 0 Å². The van der Waals surface area contributed by atoms with E-state index in [-0.39, 0.29) is 5.54 Å². The van der Waals surface area contributed by atoms with E-state index < -0.39 is 14.9 Å². The Kier molecular flexibility index (Phi) is 15.2. The molecule has 0 aromatic rings. The van der Waals surface area contributed by atoms with Crippen molar-refractivity contribution in [3.05, 3.63) is 0 Å². The lowest BCUT2D eigenvalue weighted by atomic mass is 10.1.